The Kier molecular flexibility index (Phi) is 10.4. The van der Waals surface area contributed by atoms with Gasteiger partial charge in [-0.3, -0.25) is 14.2 Å². The molecule has 12 heteroatoms. The Morgan fingerprint density at radius 1 is 1.05 bits per heavy atom. The molecule has 5 rings (SSSR count). The molecule has 3 aromatic rings. The number of amides is 2. The lowest BCUT2D eigenvalue weighted by molar-refractivity contribution is -0.124. The molecule has 0 unspecified atom stereocenters. The van der Waals surface area contributed by atoms with E-state index in [2.05, 4.69) is 17.2 Å². The lowest BCUT2D eigenvalue weighted by atomic mass is 9.81. The predicted molar refractivity (Wildman–Crippen MR) is 177 cm³/mol. The van der Waals surface area contributed by atoms with E-state index >= 15 is 0 Å². The van der Waals surface area contributed by atoms with Crippen molar-refractivity contribution in [1.82, 2.24) is 4.98 Å². The van der Waals surface area contributed by atoms with E-state index in [4.69, 9.17) is 4.52 Å². The Hall–Kier alpha value is -2.85. The average molecular weight is 658 g/mol. The molecule has 0 spiro atoms. The number of nitrogens with zero attached hydrogens (tertiary/aromatic N) is 2. The molecule has 0 saturated heterocycles. The van der Waals surface area contributed by atoms with Crippen LogP contribution in [0.5, 0.6) is 0 Å². The second-order valence-corrected chi connectivity index (χ2v) is 17.0. The number of benzene rings is 1. The molecule has 0 radical (unpaired) electrons. The third-order valence-electron chi connectivity index (χ3n) is 8.66. The molecule has 0 aliphatic heterocycles. The Morgan fingerprint density at radius 3 is 2.32 bits per heavy atom. The van der Waals surface area contributed by atoms with E-state index in [-0.39, 0.29) is 34.6 Å². The lowest BCUT2D eigenvalue weighted by Gasteiger charge is -2.39. The van der Waals surface area contributed by atoms with Crippen LogP contribution in [0.4, 0.5) is 11.4 Å². The van der Waals surface area contributed by atoms with Gasteiger partial charge in [-0.1, -0.05) is 19.1 Å². The topological polar surface area (TPSA) is 126 Å². The third kappa shape index (κ3) is 8.05. The van der Waals surface area contributed by atoms with Gasteiger partial charge in [0, 0.05) is 41.2 Å². The lowest BCUT2D eigenvalue weighted by Crippen LogP contribution is -2.46. The predicted octanol–water partition coefficient (Wildman–Crippen LogP) is 8.09. The number of rotatable bonds is 10. The number of thiophene rings is 1. The molecule has 0 bridgehead atoms. The molecule has 2 aliphatic carbocycles. The van der Waals surface area contributed by atoms with Crippen LogP contribution in [0.2, 0.25) is 0 Å². The molecule has 2 aliphatic rings. The van der Waals surface area contributed by atoms with Gasteiger partial charge in [-0.25, -0.2) is 9.78 Å². The SMILES string of the molecule is CC1CCC(C(=O)N(c2cc(-c3ccc(NC(=O)c4cscn4)cc3)sc2C(=O)O)C2CCC(COP(C)(C)=O)CC2)CC1. The normalized spacial score (nSPS) is 22.3. The molecule has 0 atom stereocenters. The van der Waals surface area contributed by atoms with Crippen LogP contribution in [-0.2, 0) is 13.9 Å². The first-order chi connectivity index (χ1) is 21.0. The summed E-state index contributed by atoms with van der Waals surface area (Å²) < 4.78 is 17.7. The van der Waals surface area contributed by atoms with E-state index in [1.807, 2.05) is 23.1 Å². The number of anilines is 2. The van der Waals surface area contributed by atoms with Crippen molar-refractivity contribution >= 4 is 59.2 Å². The number of carbonyl (C=O) groups excluding carboxylic acids is 2. The van der Waals surface area contributed by atoms with Gasteiger partial charge in [0.15, 0.2) is 7.37 Å². The molecule has 1 aromatic carbocycles. The molecular weight excluding hydrogens is 617 g/mol. The fourth-order valence-electron chi connectivity index (χ4n) is 6.15. The maximum atomic E-state index is 14.2. The van der Waals surface area contributed by atoms with E-state index in [0.717, 1.165) is 61.8 Å². The smallest absolute Gasteiger partial charge is 0.348 e. The Labute approximate surface area is 266 Å². The minimum Gasteiger partial charge on any atom is -0.477 e. The van der Waals surface area contributed by atoms with Gasteiger partial charge in [-0.2, -0.15) is 0 Å². The van der Waals surface area contributed by atoms with Gasteiger partial charge >= 0.3 is 5.97 Å². The number of hydrogen-bond donors (Lipinski definition) is 2. The van der Waals surface area contributed by atoms with Gasteiger partial charge in [0.2, 0.25) is 5.91 Å². The summed E-state index contributed by atoms with van der Waals surface area (Å²) in [6, 6.07) is 8.98. The van der Waals surface area contributed by atoms with Gasteiger partial charge < -0.3 is 19.8 Å². The largest absolute Gasteiger partial charge is 0.477 e. The molecular formula is C32H40N3O6PS2. The monoisotopic (exact) mass is 657 g/mol. The number of carboxylic acids is 1. The van der Waals surface area contributed by atoms with Gasteiger partial charge in [0.25, 0.3) is 5.91 Å². The van der Waals surface area contributed by atoms with E-state index in [1.165, 1.54) is 22.7 Å². The third-order valence-corrected chi connectivity index (χ3v) is 11.2. The van der Waals surface area contributed by atoms with Crippen LogP contribution >= 0.6 is 30.0 Å². The van der Waals surface area contributed by atoms with Crippen LogP contribution in [0.15, 0.2) is 41.2 Å². The highest BCUT2D eigenvalue weighted by atomic mass is 32.1. The summed E-state index contributed by atoms with van der Waals surface area (Å²) >= 11 is 2.51. The number of carbonyl (C=O) groups is 3. The second kappa shape index (κ2) is 14.1. The molecule has 2 amide bonds. The van der Waals surface area contributed by atoms with Crippen molar-refractivity contribution in [2.75, 3.05) is 30.2 Å². The van der Waals surface area contributed by atoms with Crippen molar-refractivity contribution < 1.29 is 28.6 Å². The van der Waals surface area contributed by atoms with Crippen LogP contribution < -0.4 is 10.2 Å². The molecule has 2 fully saturated rings. The zero-order chi connectivity index (χ0) is 31.4. The van der Waals surface area contributed by atoms with Crippen LogP contribution in [0.1, 0.15) is 78.5 Å². The first-order valence-corrected chi connectivity index (χ1v) is 19.5. The molecule has 2 saturated carbocycles. The Bertz CT molecular complexity index is 1500. The summed E-state index contributed by atoms with van der Waals surface area (Å²) in [5, 5.41) is 14.8. The molecule has 2 N–H and O–H groups in total. The van der Waals surface area contributed by atoms with Gasteiger partial charge in [-0.15, -0.1) is 22.7 Å². The molecule has 44 heavy (non-hydrogen) atoms. The molecule has 236 valence electrons. The van der Waals surface area contributed by atoms with Crippen LogP contribution in [-0.4, -0.2) is 53.9 Å². The maximum absolute atomic E-state index is 14.2. The van der Waals surface area contributed by atoms with E-state index in [9.17, 15) is 24.1 Å². The summed E-state index contributed by atoms with van der Waals surface area (Å²) in [5.74, 6) is -0.594. The number of aromatic carboxylic acids is 1. The summed E-state index contributed by atoms with van der Waals surface area (Å²) in [6.07, 6.45) is 6.73. The van der Waals surface area contributed by atoms with E-state index < -0.39 is 13.3 Å². The van der Waals surface area contributed by atoms with Crippen molar-refractivity contribution in [3.63, 3.8) is 0 Å². The second-order valence-electron chi connectivity index (χ2n) is 12.4. The zero-order valence-corrected chi connectivity index (χ0v) is 27.9. The van der Waals surface area contributed by atoms with Gasteiger partial charge in [0.1, 0.15) is 10.6 Å². The Morgan fingerprint density at radius 2 is 1.73 bits per heavy atom. The first-order valence-electron chi connectivity index (χ1n) is 15.2. The minimum absolute atomic E-state index is 0.0233. The quantitative estimate of drug-likeness (QED) is 0.211. The molecule has 9 nitrogen and oxygen atoms in total. The first kappa shape index (κ1) is 32.5. The van der Waals surface area contributed by atoms with Crippen LogP contribution in [0, 0.1) is 17.8 Å². The van der Waals surface area contributed by atoms with Crippen LogP contribution in [0.25, 0.3) is 10.4 Å². The molecule has 2 heterocycles. The molecule has 2 aromatic heterocycles. The number of aromatic nitrogens is 1. The van der Waals surface area contributed by atoms with Crippen molar-refractivity contribution in [3.8, 4) is 10.4 Å². The van der Waals surface area contributed by atoms with E-state index in [1.54, 1.807) is 36.4 Å². The highest BCUT2D eigenvalue weighted by Crippen LogP contribution is 2.43. The number of carboxylic acid groups (broad SMARTS) is 1. The summed E-state index contributed by atoms with van der Waals surface area (Å²) in [4.78, 5) is 46.0. The maximum Gasteiger partial charge on any atom is 0.348 e. The number of thiazole rings is 1. The zero-order valence-electron chi connectivity index (χ0n) is 25.4. The average Bonchev–Trinajstić information content (AvgIpc) is 3.69. The fourth-order valence-corrected chi connectivity index (χ4v) is 8.24. The van der Waals surface area contributed by atoms with Crippen molar-refractivity contribution in [1.29, 1.82) is 0 Å². The number of nitrogens with one attached hydrogen (secondary N) is 1. The summed E-state index contributed by atoms with van der Waals surface area (Å²) in [7, 11) is -2.57. The van der Waals surface area contributed by atoms with Crippen molar-refractivity contribution in [2.24, 2.45) is 17.8 Å². The van der Waals surface area contributed by atoms with Crippen molar-refractivity contribution in [3.05, 3.63) is 51.8 Å². The van der Waals surface area contributed by atoms with Crippen LogP contribution in [0.3, 0.4) is 0 Å². The summed E-state index contributed by atoms with van der Waals surface area (Å²) in [5.41, 5.74) is 3.83. The highest BCUT2D eigenvalue weighted by Gasteiger charge is 2.37. The van der Waals surface area contributed by atoms with Gasteiger partial charge in [0.05, 0.1) is 17.8 Å². The fraction of sp³-hybridized carbons (Fsp3) is 0.500. The highest BCUT2D eigenvalue weighted by molar-refractivity contribution is 7.57. The van der Waals surface area contributed by atoms with E-state index in [0.29, 0.717) is 29.6 Å². The number of hydrogen-bond acceptors (Lipinski definition) is 8. The van der Waals surface area contributed by atoms with Gasteiger partial charge in [-0.05, 0) is 87.0 Å². The summed E-state index contributed by atoms with van der Waals surface area (Å²) in [6.45, 7) is 5.90. The Balaban J connectivity index is 1.40. The van der Waals surface area contributed by atoms with Crippen molar-refractivity contribution in [2.45, 2.75) is 64.3 Å². The minimum atomic E-state index is -2.57. The standard InChI is InChI=1S/C32H40N3O6PS2/c1-20-4-8-23(9-5-20)31(37)35(25-14-6-21(7-15-25)17-41-42(2,3)40)27-16-28(44-29(27)32(38)39)22-10-12-24(13-11-22)34-30(36)26-18-43-19-33-26/h10-13,16,18-21,23,25H,4-9,14-15,17H2,1-3H3,(H,34,36)(H,38,39).